The van der Waals surface area contributed by atoms with Gasteiger partial charge in [-0.2, -0.15) is 4.98 Å². The van der Waals surface area contributed by atoms with Crippen molar-refractivity contribution in [1.29, 1.82) is 0 Å². The second kappa shape index (κ2) is 10.9. The summed E-state index contributed by atoms with van der Waals surface area (Å²) < 4.78 is 5.66. The monoisotopic (exact) mass is 547 g/mol. The van der Waals surface area contributed by atoms with Gasteiger partial charge >= 0.3 is 0 Å². The summed E-state index contributed by atoms with van der Waals surface area (Å²) in [6, 6.07) is 5.92. The molecule has 1 spiro atoms. The molecule has 1 atom stereocenters. The van der Waals surface area contributed by atoms with E-state index in [2.05, 4.69) is 32.5 Å². The Morgan fingerprint density at radius 1 is 1.10 bits per heavy atom. The van der Waals surface area contributed by atoms with Crippen LogP contribution in [0, 0.1) is 5.41 Å². The molecule has 2 saturated carbocycles. The third-order valence-corrected chi connectivity index (χ3v) is 9.15. The maximum absolute atomic E-state index is 13.4. The molecular formula is C30H41N7O3. The lowest BCUT2D eigenvalue weighted by molar-refractivity contribution is -0.123. The van der Waals surface area contributed by atoms with E-state index in [1.54, 1.807) is 30.3 Å². The zero-order chi connectivity index (χ0) is 27.9. The number of piperidine rings is 1. The first-order valence-electron chi connectivity index (χ1n) is 14.7. The van der Waals surface area contributed by atoms with Gasteiger partial charge in [-0.1, -0.05) is 19.3 Å². The van der Waals surface area contributed by atoms with Crippen molar-refractivity contribution in [2.45, 2.75) is 69.9 Å². The van der Waals surface area contributed by atoms with E-state index >= 15 is 0 Å². The Kier molecular flexibility index (Phi) is 7.29. The number of hydrogen-bond donors (Lipinski definition) is 2. The van der Waals surface area contributed by atoms with Gasteiger partial charge < -0.3 is 30.1 Å². The van der Waals surface area contributed by atoms with Gasteiger partial charge in [-0.05, 0) is 70.3 Å². The largest absolute Gasteiger partial charge is 0.495 e. The predicted molar refractivity (Wildman–Crippen MR) is 156 cm³/mol. The highest BCUT2D eigenvalue weighted by Crippen LogP contribution is 2.52. The van der Waals surface area contributed by atoms with Crippen molar-refractivity contribution in [3.8, 4) is 5.75 Å². The SMILES string of the molecule is COc1cc(C(=O)N[C@@H]2CCCN(C)C2)ccc1Nc1ncc2c(n1)N(C1CCCCC1)CC1(CC1)C(=O)N2C. The lowest BCUT2D eigenvalue weighted by Crippen LogP contribution is -2.46. The summed E-state index contributed by atoms with van der Waals surface area (Å²) in [7, 11) is 5.53. The maximum Gasteiger partial charge on any atom is 0.251 e. The maximum atomic E-state index is 13.4. The Hall–Kier alpha value is -3.40. The van der Waals surface area contributed by atoms with Gasteiger partial charge in [0.25, 0.3) is 5.91 Å². The summed E-state index contributed by atoms with van der Waals surface area (Å²) in [5, 5.41) is 6.48. The summed E-state index contributed by atoms with van der Waals surface area (Å²) in [5.41, 5.74) is 1.69. The summed E-state index contributed by atoms with van der Waals surface area (Å²) in [5.74, 6) is 1.87. The van der Waals surface area contributed by atoms with E-state index in [0.717, 1.165) is 63.1 Å². The Morgan fingerprint density at radius 3 is 2.62 bits per heavy atom. The molecule has 2 aliphatic heterocycles. The van der Waals surface area contributed by atoms with Crippen LogP contribution in [0.5, 0.6) is 5.75 Å². The molecule has 1 aromatic heterocycles. The number of nitrogens with one attached hydrogen (secondary N) is 2. The molecule has 2 amide bonds. The Bertz CT molecular complexity index is 1270. The number of benzene rings is 1. The van der Waals surface area contributed by atoms with Crippen LogP contribution in [-0.4, -0.2) is 79.6 Å². The molecular weight excluding hydrogens is 506 g/mol. The number of likely N-dealkylation sites (N-methyl/N-ethyl adjacent to an activating group) is 1. The average Bonchev–Trinajstić information content (AvgIpc) is 3.77. The van der Waals surface area contributed by atoms with E-state index in [1.165, 1.54) is 19.3 Å². The van der Waals surface area contributed by atoms with E-state index < -0.39 is 0 Å². The lowest BCUT2D eigenvalue weighted by Gasteiger charge is -2.36. The van der Waals surface area contributed by atoms with Gasteiger partial charge in [0.05, 0.1) is 24.4 Å². The van der Waals surface area contributed by atoms with Crippen LogP contribution in [0.1, 0.15) is 68.1 Å². The van der Waals surface area contributed by atoms with Gasteiger partial charge in [-0.3, -0.25) is 9.59 Å². The number of likely N-dealkylation sites (tertiary alicyclic amines) is 1. The predicted octanol–water partition coefficient (Wildman–Crippen LogP) is 3.95. The van der Waals surface area contributed by atoms with E-state index in [-0.39, 0.29) is 23.3 Å². The number of aromatic nitrogens is 2. The average molecular weight is 548 g/mol. The molecule has 1 aromatic carbocycles. The van der Waals surface area contributed by atoms with Gasteiger partial charge in [0.2, 0.25) is 11.9 Å². The minimum atomic E-state index is -0.298. The molecule has 0 unspecified atom stereocenters. The molecule has 2 N–H and O–H groups in total. The van der Waals surface area contributed by atoms with Gasteiger partial charge in [0.15, 0.2) is 5.82 Å². The van der Waals surface area contributed by atoms with E-state index in [0.29, 0.717) is 35.5 Å². The quantitative estimate of drug-likeness (QED) is 0.561. The summed E-state index contributed by atoms with van der Waals surface area (Å²) in [6.45, 7) is 2.64. The van der Waals surface area contributed by atoms with Crippen LogP contribution in [-0.2, 0) is 4.79 Å². The molecule has 1 saturated heterocycles. The van der Waals surface area contributed by atoms with Gasteiger partial charge in [-0.25, -0.2) is 4.98 Å². The van der Waals surface area contributed by atoms with Crippen LogP contribution >= 0.6 is 0 Å². The number of hydrogen-bond acceptors (Lipinski definition) is 8. The third kappa shape index (κ3) is 5.21. The molecule has 0 bridgehead atoms. The number of methoxy groups -OCH3 is 1. The van der Waals surface area contributed by atoms with Crippen molar-refractivity contribution in [1.82, 2.24) is 20.2 Å². The molecule has 40 heavy (non-hydrogen) atoms. The van der Waals surface area contributed by atoms with Crippen molar-refractivity contribution in [2.75, 3.05) is 56.0 Å². The number of nitrogens with zero attached hydrogens (tertiary/aromatic N) is 5. The third-order valence-electron chi connectivity index (χ3n) is 9.15. The molecule has 6 rings (SSSR count). The molecule has 3 fully saturated rings. The number of rotatable bonds is 6. The van der Waals surface area contributed by atoms with Crippen molar-refractivity contribution in [3.05, 3.63) is 30.0 Å². The Labute approximate surface area is 236 Å². The molecule has 0 radical (unpaired) electrons. The van der Waals surface area contributed by atoms with Crippen LogP contribution < -0.4 is 25.2 Å². The standard InChI is InChI=1S/C30H41N7O3/c1-35-15-7-8-21(18-35)32-27(38)20-11-12-23(25(16-20)40-3)33-29-31-17-24-26(34-29)37(22-9-5-4-6-10-22)19-30(13-14-30)28(39)36(24)2/h11-12,16-17,21-22H,4-10,13-15,18-19H2,1-3H3,(H,32,38)(H,31,33,34)/t21-/m1/s1. The Morgan fingerprint density at radius 2 is 1.90 bits per heavy atom. The van der Waals surface area contributed by atoms with Gasteiger partial charge in [-0.15, -0.1) is 0 Å². The van der Waals surface area contributed by atoms with Crippen LogP contribution in [0.3, 0.4) is 0 Å². The van der Waals surface area contributed by atoms with Crippen molar-refractivity contribution >= 4 is 35.0 Å². The second-order valence-corrected chi connectivity index (χ2v) is 12.1. The van der Waals surface area contributed by atoms with Crippen LogP contribution in [0.15, 0.2) is 24.4 Å². The van der Waals surface area contributed by atoms with Crippen molar-refractivity contribution in [3.63, 3.8) is 0 Å². The van der Waals surface area contributed by atoms with E-state index in [4.69, 9.17) is 9.72 Å². The smallest absolute Gasteiger partial charge is 0.251 e. The normalized spacial score (nSPS) is 23.0. The molecule has 10 nitrogen and oxygen atoms in total. The van der Waals surface area contributed by atoms with Gasteiger partial charge in [0.1, 0.15) is 11.4 Å². The van der Waals surface area contributed by atoms with Crippen molar-refractivity contribution in [2.24, 2.45) is 5.41 Å². The number of anilines is 4. The minimum Gasteiger partial charge on any atom is -0.495 e. The zero-order valence-electron chi connectivity index (χ0n) is 23.9. The topological polar surface area (TPSA) is 103 Å². The van der Waals surface area contributed by atoms with Crippen molar-refractivity contribution < 1.29 is 14.3 Å². The number of carbonyl (C=O) groups is 2. The first kappa shape index (κ1) is 26.8. The Balaban J connectivity index is 1.25. The summed E-state index contributed by atoms with van der Waals surface area (Å²) in [4.78, 5) is 42.4. The fraction of sp³-hybridized carbons (Fsp3) is 0.600. The van der Waals surface area contributed by atoms with Gasteiger partial charge in [0, 0.05) is 37.8 Å². The highest BCUT2D eigenvalue weighted by atomic mass is 16.5. The number of fused-ring (bicyclic) bond motifs is 1. The fourth-order valence-electron chi connectivity index (χ4n) is 6.64. The summed E-state index contributed by atoms with van der Waals surface area (Å²) >= 11 is 0. The lowest BCUT2D eigenvalue weighted by atomic mass is 9.93. The highest BCUT2D eigenvalue weighted by Gasteiger charge is 2.55. The highest BCUT2D eigenvalue weighted by molar-refractivity contribution is 6.03. The first-order valence-corrected chi connectivity index (χ1v) is 14.7. The number of carbonyl (C=O) groups excluding carboxylic acids is 2. The molecule has 2 aromatic rings. The minimum absolute atomic E-state index is 0.101. The molecule has 3 heterocycles. The van der Waals surface area contributed by atoms with E-state index in [1.807, 2.05) is 13.1 Å². The molecule has 214 valence electrons. The summed E-state index contributed by atoms with van der Waals surface area (Å²) in [6.07, 6.45) is 11.6. The van der Waals surface area contributed by atoms with Crippen LogP contribution in [0.4, 0.5) is 23.1 Å². The number of ether oxygens (including phenoxy) is 1. The fourth-order valence-corrected chi connectivity index (χ4v) is 6.64. The molecule has 2 aliphatic carbocycles. The zero-order valence-corrected chi connectivity index (χ0v) is 23.9. The van der Waals surface area contributed by atoms with Crippen LogP contribution in [0.2, 0.25) is 0 Å². The molecule has 4 aliphatic rings. The second-order valence-electron chi connectivity index (χ2n) is 12.1. The first-order chi connectivity index (χ1) is 19.4. The number of amides is 2. The van der Waals surface area contributed by atoms with E-state index in [9.17, 15) is 9.59 Å². The van der Waals surface area contributed by atoms with Crippen LogP contribution in [0.25, 0.3) is 0 Å². The molecule has 10 heteroatoms.